The molecule has 0 aliphatic heterocycles. The number of hydrogen-bond acceptors (Lipinski definition) is 4. The highest BCUT2D eigenvalue weighted by molar-refractivity contribution is 5.79. The lowest BCUT2D eigenvalue weighted by atomic mass is 9.98. The zero-order valence-corrected chi connectivity index (χ0v) is 19.9. The molecule has 2 aromatic rings. The van der Waals surface area contributed by atoms with Crippen molar-refractivity contribution in [3.63, 3.8) is 0 Å². The normalized spacial score (nSPS) is 13.9. The lowest BCUT2D eigenvalue weighted by molar-refractivity contribution is -0.138. The number of ether oxygens (including phenoxy) is 1. The van der Waals surface area contributed by atoms with Crippen LogP contribution in [0.15, 0.2) is 48.5 Å². The minimum atomic E-state index is -0.853. The fourth-order valence-electron chi connectivity index (χ4n) is 4.34. The summed E-state index contributed by atoms with van der Waals surface area (Å²) in [7, 11) is 0. The van der Waals surface area contributed by atoms with E-state index >= 15 is 0 Å². The Bertz CT molecular complexity index is 961. The smallest absolute Gasteiger partial charge is 0.407 e. The average Bonchev–Trinajstić information content (AvgIpc) is 3.16. The van der Waals surface area contributed by atoms with Gasteiger partial charge in [-0.15, -0.1) is 0 Å². The van der Waals surface area contributed by atoms with Crippen molar-refractivity contribution in [3.8, 4) is 11.1 Å². The number of carboxylic acid groups (broad SMARTS) is 1. The van der Waals surface area contributed by atoms with E-state index in [2.05, 4.69) is 34.9 Å². The molecular weight excluding hydrogens is 432 g/mol. The van der Waals surface area contributed by atoms with E-state index in [1.807, 2.05) is 38.1 Å². The molecule has 34 heavy (non-hydrogen) atoms. The largest absolute Gasteiger partial charge is 0.481 e. The first-order chi connectivity index (χ1) is 16.4. The Morgan fingerprint density at radius 3 is 2.18 bits per heavy atom. The van der Waals surface area contributed by atoms with E-state index in [4.69, 9.17) is 9.84 Å². The van der Waals surface area contributed by atoms with Gasteiger partial charge in [-0.25, -0.2) is 4.79 Å². The predicted octanol–water partition coefficient (Wildman–Crippen LogP) is 4.56. The van der Waals surface area contributed by atoms with Crippen LogP contribution < -0.4 is 10.6 Å². The number of amides is 2. The van der Waals surface area contributed by atoms with Gasteiger partial charge >= 0.3 is 12.1 Å². The van der Waals surface area contributed by atoms with Crippen molar-refractivity contribution in [2.24, 2.45) is 11.8 Å². The Hall–Kier alpha value is -3.35. The Labute approximate surface area is 200 Å². The first-order valence-corrected chi connectivity index (χ1v) is 12.0. The maximum absolute atomic E-state index is 12.3. The van der Waals surface area contributed by atoms with Crippen LogP contribution in [0.3, 0.4) is 0 Å². The summed E-state index contributed by atoms with van der Waals surface area (Å²) in [6.45, 7) is 4.94. The maximum Gasteiger partial charge on any atom is 0.407 e. The molecule has 7 nitrogen and oxygen atoms in total. The van der Waals surface area contributed by atoms with E-state index in [9.17, 15) is 14.4 Å². The van der Waals surface area contributed by atoms with Crippen LogP contribution in [0.1, 0.15) is 56.6 Å². The molecule has 0 fully saturated rings. The summed E-state index contributed by atoms with van der Waals surface area (Å²) in [4.78, 5) is 35.2. The van der Waals surface area contributed by atoms with E-state index in [1.165, 1.54) is 22.3 Å². The van der Waals surface area contributed by atoms with Gasteiger partial charge in [0, 0.05) is 31.8 Å². The van der Waals surface area contributed by atoms with Crippen molar-refractivity contribution < 1.29 is 24.2 Å². The number of carbonyl (C=O) groups excluding carboxylic acids is 2. The Kier molecular flexibility index (Phi) is 9.08. The summed E-state index contributed by atoms with van der Waals surface area (Å²) in [6.07, 6.45) is 1.24. The lowest BCUT2D eigenvalue weighted by Gasteiger charge is -2.16. The van der Waals surface area contributed by atoms with Crippen molar-refractivity contribution in [2.75, 3.05) is 19.7 Å². The molecular formula is C27H34N2O5. The quantitative estimate of drug-likeness (QED) is 0.425. The molecule has 2 aromatic carbocycles. The minimum Gasteiger partial charge on any atom is -0.481 e. The zero-order chi connectivity index (χ0) is 24.5. The second kappa shape index (κ2) is 12.2. The van der Waals surface area contributed by atoms with Crippen molar-refractivity contribution in [2.45, 2.75) is 45.4 Å². The number of carbonyl (C=O) groups is 3. The van der Waals surface area contributed by atoms with E-state index < -0.39 is 12.1 Å². The Morgan fingerprint density at radius 1 is 0.971 bits per heavy atom. The molecule has 1 aliphatic carbocycles. The Balaban J connectivity index is 1.38. The summed E-state index contributed by atoms with van der Waals surface area (Å²) in [5.41, 5.74) is 4.72. The monoisotopic (exact) mass is 466 g/mol. The third-order valence-electron chi connectivity index (χ3n) is 6.43. The predicted molar refractivity (Wildman–Crippen MR) is 131 cm³/mol. The van der Waals surface area contributed by atoms with Crippen LogP contribution in [-0.4, -0.2) is 42.8 Å². The number of benzene rings is 2. The van der Waals surface area contributed by atoms with Gasteiger partial charge in [-0.1, -0.05) is 68.8 Å². The molecule has 2 amide bonds. The van der Waals surface area contributed by atoms with E-state index in [-0.39, 0.29) is 36.7 Å². The highest BCUT2D eigenvalue weighted by Gasteiger charge is 2.29. The molecule has 0 aromatic heterocycles. The second-order valence-corrected chi connectivity index (χ2v) is 9.03. The van der Waals surface area contributed by atoms with Crippen molar-refractivity contribution >= 4 is 18.0 Å². The molecule has 0 saturated carbocycles. The van der Waals surface area contributed by atoms with E-state index in [1.54, 1.807) is 0 Å². The van der Waals surface area contributed by atoms with Crippen LogP contribution in [0.25, 0.3) is 11.1 Å². The number of rotatable bonds is 12. The minimum absolute atomic E-state index is 0.0207. The van der Waals surface area contributed by atoms with Crippen LogP contribution >= 0.6 is 0 Å². The third kappa shape index (κ3) is 6.83. The molecule has 2 atom stereocenters. The van der Waals surface area contributed by atoms with Gasteiger partial charge in [0.15, 0.2) is 0 Å². The summed E-state index contributed by atoms with van der Waals surface area (Å²) in [5.74, 6) is -0.889. The van der Waals surface area contributed by atoms with Crippen molar-refractivity contribution in [1.29, 1.82) is 0 Å². The molecule has 0 bridgehead atoms. The zero-order valence-electron chi connectivity index (χ0n) is 19.9. The summed E-state index contributed by atoms with van der Waals surface area (Å²) >= 11 is 0. The molecule has 3 N–H and O–H groups in total. The van der Waals surface area contributed by atoms with E-state index in [0.717, 1.165) is 0 Å². The Morgan fingerprint density at radius 2 is 1.59 bits per heavy atom. The number of hydrogen-bond donors (Lipinski definition) is 3. The first-order valence-electron chi connectivity index (χ1n) is 12.0. The molecule has 182 valence electrons. The highest BCUT2D eigenvalue weighted by atomic mass is 16.5. The average molecular weight is 467 g/mol. The molecule has 1 aliphatic rings. The summed E-state index contributed by atoms with van der Waals surface area (Å²) in [5, 5.41) is 14.5. The lowest BCUT2D eigenvalue weighted by Crippen LogP contribution is -2.32. The van der Waals surface area contributed by atoms with Crippen molar-refractivity contribution in [1.82, 2.24) is 10.6 Å². The van der Waals surface area contributed by atoms with Gasteiger partial charge in [0.1, 0.15) is 6.61 Å². The third-order valence-corrected chi connectivity index (χ3v) is 6.43. The maximum atomic E-state index is 12.3. The number of alkyl carbamates (subject to hydrolysis) is 1. The van der Waals surface area contributed by atoms with Crippen LogP contribution in [0, 0.1) is 11.8 Å². The van der Waals surface area contributed by atoms with Crippen LogP contribution in [0.4, 0.5) is 4.79 Å². The van der Waals surface area contributed by atoms with Crippen LogP contribution in [0.5, 0.6) is 0 Å². The first kappa shape index (κ1) is 25.3. The molecule has 2 unspecified atom stereocenters. The number of carboxylic acids is 1. The topological polar surface area (TPSA) is 105 Å². The highest BCUT2D eigenvalue weighted by Crippen LogP contribution is 2.44. The molecule has 0 heterocycles. The number of aliphatic carboxylic acids is 1. The molecule has 3 rings (SSSR count). The summed E-state index contributed by atoms with van der Waals surface area (Å²) < 4.78 is 5.55. The second-order valence-electron chi connectivity index (χ2n) is 9.03. The SMILES string of the molecule is CCC(CNC(=O)CCC(C)CNC(=O)OCC1c2ccccc2-c2ccccc21)CC(=O)O. The van der Waals surface area contributed by atoms with Gasteiger partial charge in [0.05, 0.1) is 0 Å². The fourth-order valence-corrected chi connectivity index (χ4v) is 4.34. The molecule has 0 saturated heterocycles. The number of fused-ring (bicyclic) bond motifs is 3. The van der Waals surface area contributed by atoms with Crippen molar-refractivity contribution in [3.05, 3.63) is 59.7 Å². The van der Waals surface area contributed by atoms with Gasteiger partial charge < -0.3 is 20.5 Å². The molecule has 0 spiro atoms. The molecule has 0 radical (unpaired) electrons. The van der Waals surface area contributed by atoms with Gasteiger partial charge in [-0.2, -0.15) is 0 Å². The van der Waals surface area contributed by atoms with Crippen LogP contribution in [0.2, 0.25) is 0 Å². The number of nitrogens with one attached hydrogen (secondary N) is 2. The standard InChI is InChI=1S/C27H34N2O5/c1-3-19(14-26(31)32)16-28-25(30)13-12-18(2)15-29-27(33)34-17-24-22-10-6-4-8-20(22)21-9-5-7-11-23(21)24/h4-11,18-19,24H,3,12-17H2,1-2H3,(H,28,30)(H,29,33)(H,31,32). The van der Waals surface area contributed by atoms with Crippen LogP contribution in [-0.2, 0) is 14.3 Å². The van der Waals surface area contributed by atoms with Gasteiger partial charge in [-0.3, -0.25) is 9.59 Å². The molecule has 7 heteroatoms. The van der Waals surface area contributed by atoms with Gasteiger partial charge in [0.25, 0.3) is 0 Å². The van der Waals surface area contributed by atoms with Gasteiger partial charge in [-0.05, 0) is 40.5 Å². The summed E-state index contributed by atoms with van der Waals surface area (Å²) in [6, 6.07) is 16.4. The van der Waals surface area contributed by atoms with E-state index in [0.29, 0.717) is 32.4 Å². The van der Waals surface area contributed by atoms with Gasteiger partial charge in [0.2, 0.25) is 5.91 Å². The fraction of sp³-hybridized carbons (Fsp3) is 0.444.